The van der Waals surface area contributed by atoms with Crippen LogP contribution >= 0.6 is 23.4 Å². The third-order valence-corrected chi connectivity index (χ3v) is 7.07. The van der Waals surface area contributed by atoms with Gasteiger partial charge in [0.25, 0.3) is 0 Å². The number of rotatable bonds is 4. The van der Waals surface area contributed by atoms with Gasteiger partial charge in [0, 0.05) is 6.54 Å². The van der Waals surface area contributed by atoms with Crippen LogP contribution < -0.4 is 15.6 Å². The number of ether oxygens (including phenoxy) is 1. The lowest BCUT2D eigenvalue weighted by molar-refractivity contribution is -0.174. The topological polar surface area (TPSA) is 80.6 Å². The number of hydrogen-bond acceptors (Lipinski definition) is 6. The number of nitrogens with one attached hydrogen (secondary N) is 1. The summed E-state index contributed by atoms with van der Waals surface area (Å²) in [5.74, 6) is -3.92. The minimum atomic E-state index is -5.09. The van der Waals surface area contributed by atoms with Crippen LogP contribution in [0.2, 0.25) is 5.02 Å². The Hall–Kier alpha value is -2.47. The van der Waals surface area contributed by atoms with Crippen molar-refractivity contribution in [1.29, 1.82) is 0 Å². The van der Waals surface area contributed by atoms with Crippen molar-refractivity contribution in [3.05, 3.63) is 32.7 Å². The number of carbonyl (C=O) groups is 2. The van der Waals surface area contributed by atoms with E-state index in [2.05, 4.69) is 0 Å². The van der Waals surface area contributed by atoms with Gasteiger partial charge < -0.3 is 19.5 Å². The molecule has 0 radical (unpaired) electrons. The van der Waals surface area contributed by atoms with E-state index in [1.807, 2.05) is 5.32 Å². The lowest BCUT2D eigenvalue weighted by Gasteiger charge is -2.35. The highest BCUT2D eigenvalue weighted by atomic mass is 35.5. The molecule has 1 saturated heterocycles. The molecule has 1 amide bonds. The SMILES string of the molecule is CCOC(=O)c1c2n(c3c(Cl)c(N4CCC[C@H]4NC(=O)C(F)(F)F)c(F)cc3c1=O)C(C)S2. The quantitative estimate of drug-likeness (QED) is 0.493. The van der Waals surface area contributed by atoms with Crippen LogP contribution in [-0.4, -0.2) is 41.9 Å². The number of halogens is 5. The van der Waals surface area contributed by atoms with Crippen molar-refractivity contribution >= 4 is 51.8 Å². The van der Waals surface area contributed by atoms with Crippen molar-refractivity contribution in [1.82, 2.24) is 9.88 Å². The number of thioether (sulfide) groups is 1. The molecule has 3 heterocycles. The Labute approximate surface area is 194 Å². The van der Waals surface area contributed by atoms with Gasteiger partial charge in [0.05, 0.1) is 38.6 Å². The van der Waals surface area contributed by atoms with Gasteiger partial charge in [-0.15, -0.1) is 0 Å². The molecule has 1 unspecified atom stereocenters. The van der Waals surface area contributed by atoms with Gasteiger partial charge in [-0.1, -0.05) is 23.4 Å². The molecule has 1 aromatic heterocycles. The van der Waals surface area contributed by atoms with E-state index in [-0.39, 0.29) is 52.1 Å². The molecule has 2 aromatic rings. The zero-order chi connectivity index (χ0) is 24.2. The van der Waals surface area contributed by atoms with Crippen LogP contribution in [0.25, 0.3) is 10.9 Å². The van der Waals surface area contributed by atoms with Crippen molar-refractivity contribution in [2.24, 2.45) is 0 Å². The van der Waals surface area contributed by atoms with E-state index < -0.39 is 35.5 Å². The number of anilines is 1. The largest absolute Gasteiger partial charge is 0.471 e. The summed E-state index contributed by atoms with van der Waals surface area (Å²) in [7, 11) is 0. The molecule has 0 saturated carbocycles. The Morgan fingerprint density at radius 1 is 1.36 bits per heavy atom. The van der Waals surface area contributed by atoms with Crippen LogP contribution in [0.5, 0.6) is 0 Å². The summed E-state index contributed by atoms with van der Waals surface area (Å²) in [5, 5.41) is 1.62. The third-order valence-electron chi connectivity index (χ3n) is 5.53. The molecule has 2 atom stereocenters. The Morgan fingerprint density at radius 2 is 2.06 bits per heavy atom. The average Bonchev–Trinajstić information content (AvgIpc) is 3.15. The van der Waals surface area contributed by atoms with Gasteiger partial charge in [0.2, 0.25) is 5.43 Å². The molecule has 0 spiro atoms. The Balaban J connectivity index is 1.87. The summed E-state index contributed by atoms with van der Waals surface area (Å²) in [6, 6.07) is 0.922. The minimum Gasteiger partial charge on any atom is -0.462 e. The number of nitrogens with zero attached hydrogens (tertiary/aromatic N) is 2. The van der Waals surface area contributed by atoms with E-state index in [1.165, 1.54) is 16.7 Å². The van der Waals surface area contributed by atoms with E-state index in [9.17, 15) is 27.6 Å². The number of amides is 1. The number of carbonyl (C=O) groups excluding carboxylic acids is 2. The zero-order valence-electron chi connectivity index (χ0n) is 17.4. The Kier molecular flexibility index (Phi) is 6.02. The van der Waals surface area contributed by atoms with Gasteiger partial charge in [0.1, 0.15) is 17.5 Å². The first-order valence-electron chi connectivity index (χ1n) is 10.1. The Bertz CT molecular complexity index is 1230. The summed E-state index contributed by atoms with van der Waals surface area (Å²) in [6.45, 7) is 3.57. The number of hydrogen-bond donors (Lipinski definition) is 1. The second-order valence-electron chi connectivity index (χ2n) is 7.56. The highest BCUT2D eigenvalue weighted by molar-refractivity contribution is 8.00. The van der Waals surface area contributed by atoms with E-state index in [1.54, 1.807) is 18.4 Å². The second kappa shape index (κ2) is 8.39. The molecule has 2 aliphatic rings. The maximum atomic E-state index is 15.3. The summed E-state index contributed by atoms with van der Waals surface area (Å²) in [5.41, 5.74) is -1.01. The van der Waals surface area contributed by atoms with E-state index in [4.69, 9.17) is 16.3 Å². The maximum absolute atomic E-state index is 15.3. The van der Waals surface area contributed by atoms with Crippen LogP contribution in [0.4, 0.5) is 23.2 Å². The molecule has 0 bridgehead atoms. The van der Waals surface area contributed by atoms with Gasteiger partial charge in [-0.3, -0.25) is 9.59 Å². The number of esters is 1. The van der Waals surface area contributed by atoms with E-state index >= 15 is 4.39 Å². The molecule has 13 heteroatoms. The third kappa shape index (κ3) is 3.82. The van der Waals surface area contributed by atoms with Crippen molar-refractivity contribution < 1.29 is 31.9 Å². The molecule has 2 aliphatic heterocycles. The minimum absolute atomic E-state index is 0.0457. The van der Waals surface area contributed by atoms with Gasteiger partial charge >= 0.3 is 18.1 Å². The van der Waals surface area contributed by atoms with Crippen LogP contribution in [-0.2, 0) is 9.53 Å². The van der Waals surface area contributed by atoms with E-state index in [0.29, 0.717) is 11.4 Å². The maximum Gasteiger partial charge on any atom is 0.471 e. The van der Waals surface area contributed by atoms with Crippen LogP contribution in [0.3, 0.4) is 0 Å². The number of aromatic nitrogens is 1. The number of pyridine rings is 1. The van der Waals surface area contributed by atoms with Crippen molar-refractivity contribution in [2.45, 2.75) is 49.4 Å². The smallest absolute Gasteiger partial charge is 0.462 e. The molecular formula is C20H18ClF4N3O4S. The number of alkyl halides is 3. The first-order chi connectivity index (χ1) is 15.5. The zero-order valence-corrected chi connectivity index (χ0v) is 19.0. The second-order valence-corrected chi connectivity index (χ2v) is 9.24. The molecule has 7 nitrogen and oxygen atoms in total. The molecule has 1 N–H and O–H groups in total. The van der Waals surface area contributed by atoms with Gasteiger partial charge in [-0.2, -0.15) is 13.2 Å². The van der Waals surface area contributed by atoms with Crippen molar-refractivity contribution in [3.8, 4) is 0 Å². The number of fused-ring (bicyclic) bond motifs is 3. The van der Waals surface area contributed by atoms with E-state index in [0.717, 1.165) is 6.07 Å². The molecular weight excluding hydrogens is 490 g/mol. The molecule has 1 aromatic carbocycles. The van der Waals surface area contributed by atoms with Gasteiger partial charge in [0.15, 0.2) is 0 Å². The normalized spacial score (nSPS) is 19.9. The van der Waals surface area contributed by atoms with Gasteiger partial charge in [-0.25, -0.2) is 9.18 Å². The lowest BCUT2D eigenvalue weighted by atomic mass is 10.1. The molecule has 4 rings (SSSR count). The molecule has 33 heavy (non-hydrogen) atoms. The monoisotopic (exact) mass is 507 g/mol. The van der Waals surface area contributed by atoms with Crippen LogP contribution in [0, 0.1) is 5.82 Å². The van der Waals surface area contributed by atoms with Crippen molar-refractivity contribution in [3.63, 3.8) is 0 Å². The number of benzene rings is 1. The predicted octanol–water partition coefficient (Wildman–Crippen LogP) is 4.20. The molecule has 0 aliphatic carbocycles. The highest BCUT2D eigenvalue weighted by Crippen LogP contribution is 2.49. The summed E-state index contributed by atoms with van der Waals surface area (Å²) in [6.07, 6.45) is -5.67. The molecule has 1 fully saturated rings. The predicted molar refractivity (Wildman–Crippen MR) is 114 cm³/mol. The summed E-state index contributed by atoms with van der Waals surface area (Å²) in [4.78, 5) is 38.2. The summed E-state index contributed by atoms with van der Waals surface area (Å²) < 4.78 is 60.1. The standard InChI is InChI=1S/C20H18ClF4N3O4S/c1-3-32-18(30)12-16(29)9-7-10(22)15(13(21)14(9)28-8(2)33-17(12)28)27-6-4-5-11(27)26-19(31)20(23,24)25/h7-8,11H,3-6H2,1-2H3,(H,26,31)/t8?,11-/m0/s1. The molecule has 178 valence electrons. The van der Waals surface area contributed by atoms with Crippen LogP contribution in [0.1, 0.15) is 42.4 Å². The summed E-state index contributed by atoms with van der Waals surface area (Å²) >= 11 is 7.80. The van der Waals surface area contributed by atoms with Crippen LogP contribution in [0.15, 0.2) is 15.9 Å². The fraction of sp³-hybridized carbons (Fsp3) is 0.450. The fourth-order valence-electron chi connectivity index (χ4n) is 4.15. The fourth-order valence-corrected chi connectivity index (χ4v) is 5.68. The first-order valence-corrected chi connectivity index (χ1v) is 11.3. The van der Waals surface area contributed by atoms with Gasteiger partial charge in [-0.05, 0) is 32.8 Å². The highest BCUT2D eigenvalue weighted by Gasteiger charge is 2.42. The average molecular weight is 508 g/mol. The Morgan fingerprint density at radius 3 is 2.67 bits per heavy atom. The lowest BCUT2D eigenvalue weighted by Crippen LogP contribution is -2.49. The van der Waals surface area contributed by atoms with Crippen molar-refractivity contribution in [2.75, 3.05) is 18.1 Å². The first kappa shape index (κ1) is 23.7.